The van der Waals surface area contributed by atoms with Gasteiger partial charge in [0.1, 0.15) is 0 Å². The fourth-order valence-corrected chi connectivity index (χ4v) is 0.749. The Hall–Kier alpha value is -2.03. The first-order valence-electron chi connectivity index (χ1n) is 4.18. The number of tetrazole rings is 1. The summed E-state index contributed by atoms with van der Waals surface area (Å²) in [6.45, 7) is -0.0974. The van der Waals surface area contributed by atoms with E-state index in [9.17, 15) is 9.59 Å². The van der Waals surface area contributed by atoms with E-state index in [1.807, 2.05) is 0 Å². The van der Waals surface area contributed by atoms with Crippen molar-refractivity contribution in [2.24, 2.45) is 5.73 Å². The molecule has 9 heteroatoms. The van der Waals surface area contributed by atoms with Crippen molar-refractivity contribution in [2.75, 3.05) is 13.1 Å². The predicted octanol–water partition coefficient (Wildman–Crippen LogP) is -3.11. The van der Waals surface area contributed by atoms with Gasteiger partial charge in [0, 0.05) is 0 Å². The molecule has 0 radical (unpaired) electrons. The number of H-pyrrole nitrogens is 1. The van der Waals surface area contributed by atoms with Gasteiger partial charge >= 0.3 is 0 Å². The highest BCUT2D eigenvalue weighted by Crippen LogP contribution is 1.80. The lowest BCUT2D eigenvalue weighted by atomic mass is 10.5. The maximum atomic E-state index is 11.1. The number of hydrogen-bond acceptors (Lipinski definition) is 6. The number of amides is 2. The SMILES string of the molecule is NCC(=O)NCC(=O)NCc1nn[nH]n1. The van der Waals surface area contributed by atoms with Crippen LogP contribution in [-0.4, -0.2) is 45.5 Å². The Morgan fingerprint density at radius 3 is 2.73 bits per heavy atom. The molecule has 9 nitrogen and oxygen atoms in total. The van der Waals surface area contributed by atoms with Crippen LogP contribution in [0.4, 0.5) is 0 Å². The highest BCUT2D eigenvalue weighted by atomic mass is 16.2. The van der Waals surface area contributed by atoms with Crippen molar-refractivity contribution in [1.29, 1.82) is 0 Å². The summed E-state index contributed by atoms with van der Waals surface area (Å²) in [5.41, 5.74) is 5.03. The molecule has 82 valence electrons. The van der Waals surface area contributed by atoms with E-state index in [0.29, 0.717) is 5.82 Å². The van der Waals surface area contributed by atoms with Crippen molar-refractivity contribution in [1.82, 2.24) is 31.3 Å². The van der Waals surface area contributed by atoms with Gasteiger partial charge in [-0.2, -0.15) is 5.21 Å². The van der Waals surface area contributed by atoms with Gasteiger partial charge in [0.25, 0.3) is 0 Å². The maximum absolute atomic E-state index is 11.1. The van der Waals surface area contributed by atoms with Gasteiger partial charge in [0.15, 0.2) is 5.82 Å². The first-order valence-corrected chi connectivity index (χ1v) is 4.18. The Morgan fingerprint density at radius 1 is 1.33 bits per heavy atom. The third-order valence-electron chi connectivity index (χ3n) is 1.46. The summed E-state index contributed by atoms with van der Waals surface area (Å²) < 4.78 is 0. The molecule has 1 aromatic heterocycles. The van der Waals surface area contributed by atoms with Gasteiger partial charge in [-0.25, -0.2) is 0 Å². The number of carbonyl (C=O) groups is 2. The molecule has 0 fully saturated rings. The van der Waals surface area contributed by atoms with Gasteiger partial charge in [-0.1, -0.05) is 5.21 Å². The molecule has 0 aliphatic carbocycles. The van der Waals surface area contributed by atoms with E-state index >= 15 is 0 Å². The van der Waals surface area contributed by atoms with Gasteiger partial charge in [0.2, 0.25) is 11.8 Å². The molecule has 0 bridgehead atoms. The molecule has 0 atom stereocenters. The highest BCUT2D eigenvalue weighted by molar-refractivity contribution is 5.85. The second-order valence-corrected chi connectivity index (χ2v) is 2.59. The Bertz CT molecular complexity index is 322. The molecule has 0 aliphatic heterocycles. The number of rotatable bonds is 5. The van der Waals surface area contributed by atoms with Crippen molar-refractivity contribution in [3.8, 4) is 0 Å². The minimum Gasteiger partial charge on any atom is -0.347 e. The van der Waals surface area contributed by atoms with Gasteiger partial charge in [0.05, 0.1) is 19.6 Å². The average molecular weight is 213 g/mol. The van der Waals surface area contributed by atoms with Crippen LogP contribution >= 0.6 is 0 Å². The van der Waals surface area contributed by atoms with Crippen LogP contribution in [-0.2, 0) is 16.1 Å². The standard InChI is InChI=1S/C6H11N7O2/c7-1-5(14)9-3-6(15)8-2-4-10-12-13-11-4/h1-3,7H2,(H,8,15)(H,9,14)(H,10,11,12,13). The van der Waals surface area contributed by atoms with Crippen LogP contribution in [0.25, 0.3) is 0 Å². The lowest BCUT2D eigenvalue weighted by Gasteiger charge is -2.03. The topological polar surface area (TPSA) is 139 Å². The summed E-state index contributed by atoms with van der Waals surface area (Å²) in [5.74, 6) is -0.361. The summed E-state index contributed by atoms with van der Waals surface area (Å²) in [4.78, 5) is 21.8. The molecule has 0 aromatic carbocycles. The third-order valence-corrected chi connectivity index (χ3v) is 1.46. The number of hydrogen-bond donors (Lipinski definition) is 4. The van der Waals surface area contributed by atoms with Gasteiger partial charge < -0.3 is 16.4 Å². The summed E-state index contributed by atoms with van der Waals surface area (Å²) in [7, 11) is 0. The predicted molar refractivity (Wildman–Crippen MR) is 48.1 cm³/mol. The largest absolute Gasteiger partial charge is 0.347 e. The zero-order valence-electron chi connectivity index (χ0n) is 7.86. The summed E-state index contributed by atoms with van der Waals surface area (Å²) in [6, 6.07) is 0. The zero-order valence-corrected chi connectivity index (χ0v) is 7.86. The number of nitrogens with zero attached hydrogens (tertiary/aromatic N) is 3. The van der Waals surface area contributed by atoms with Crippen LogP contribution in [0.2, 0.25) is 0 Å². The number of nitrogens with two attached hydrogens (primary N) is 1. The van der Waals surface area contributed by atoms with Gasteiger partial charge in [-0.05, 0) is 0 Å². The molecule has 0 aliphatic rings. The summed E-state index contributed by atoms with van der Waals surface area (Å²) in [5, 5.41) is 17.6. The van der Waals surface area contributed by atoms with Crippen LogP contribution in [0.1, 0.15) is 5.82 Å². The second kappa shape index (κ2) is 5.65. The minimum atomic E-state index is -0.385. The normalized spacial score (nSPS) is 9.67. The second-order valence-electron chi connectivity index (χ2n) is 2.59. The quantitative estimate of drug-likeness (QED) is 0.408. The fourth-order valence-electron chi connectivity index (χ4n) is 0.749. The van der Waals surface area contributed by atoms with Crippen molar-refractivity contribution < 1.29 is 9.59 Å². The average Bonchev–Trinajstić information content (AvgIpc) is 2.75. The number of aromatic amines is 1. The molecule has 15 heavy (non-hydrogen) atoms. The first-order chi connectivity index (χ1) is 7.22. The smallest absolute Gasteiger partial charge is 0.239 e. The van der Waals surface area contributed by atoms with E-state index in [1.165, 1.54) is 0 Å². The van der Waals surface area contributed by atoms with Gasteiger partial charge in [-0.3, -0.25) is 9.59 Å². The molecule has 0 unspecified atom stereocenters. The van der Waals surface area contributed by atoms with E-state index < -0.39 is 0 Å². The van der Waals surface area contributed by atoms with Crippen LogP contribution < -0.4 is 16.4 Å². The Balaban J connectivity index is 2.16. The minimum absolute atomic E-state index is 0.117. The van der Waals surface area contributed by atoms with E-state index in [1.54, 1.807) is 0 Å². The Morgan fingerprint density at radius 2 is 2.13 bits per heavy atom. The molecule has 1 heterocycles. The van der Waals surface area contributed by atoms with E-state index in [-0.39, 0.29) is 31.4 Å². The fraction of sp³-hybridized carbons (Fsp3) is 0.500. The molecule has 0 saturated heterocycles. The van der Waals surface area contributed by atoms with Crippen LogP contribution in [0.3, 0.4) is 0 Å². The number of carbonyl (C=O) groups excluding carboxylic acids is 2. The van der Waals surface area contributed by atoms with Crippen LogP contribution in [0, 0.1) is 0 Å². The number of nitrogens with one attached hydrogen (secondary N) is 3. The lowest BCUT2D eigenvalue weighted by Crippen LogP contribution is -2.39. The third kappa shape index (κ3) is 4.13. The lowest BCUT2D eigenvalue weighted by molar-refractivity contribution is -0.125. The van der Waals surface area contributed by atoms with Crippen molar-refractivity contribution >= 4 is 11.8 Å². The van der Waals surface area contributed by atoms with Crippen molar-refractivity contribution in [3.63, 3.8) is 0 Å². The van der Waals surface area contributed by atoms with E-state index in [4.69, 9.17) is 5.73 Å². The summed E-state index contributed by atoms with van der Waals surface area (Å²) in [6.07, 6.45) is 0. The van der Waals surface area contributed by atoms with Crippen LogP contribution in [0.15, 0.2) is 0 Å². The highest BCUT2D eigenvalue weighted by Gasteiger charge is 2.04. The molecule has 2 amide bonds. The molecular formula is C6H11N7O2. The Labute approximate surface area is 84.8 Å². The van der Waals surface area contributed by atoms with Crippen molar-refractivity contribution in [2.45, 2.75) is 6.54 Å². The molecule has 0 spiro atoms. The molecule has 1 aromatic rings. The zero-order chi connectivity index (χ0) is 11.1. The monoisotopic (exact) mass is 213 g/mol. The van der Waals surface area contributed by atoms with Gasteiger partial charge in [-0.15, -0.1) is 10.2 Å². The number of aromatic nitrogens is 4. The molecule has 1 rings (SSSR count). The first kappa shape index (κ1) is 11.0. The summed E-state index contributed by atoms with van der Waals surface area (Å²) >= 11 is 0. The van der Waals surface area contributed by atoms with E-state index in [0.717, 1.165) is 0 Å². The van der Waals surface area contributed by atoms with Crippen molar-refractivity contribution in [3.05, 3.63) is 5.82 Å². The van der Waals surface area contributed by atoms with E-state index in [2.05, 4.69) is 31.3 Å². The molecular weight excluding hydrogens is 202 g/mol. The maximum Gasteiger partial charge on any atom is 0.239 e. The molecule has 5 N–H and O–H groups in total. The molecule has 0 saturated carbocycles. The van der Waals surface area contributed by atoms with Crippen LogP contribution in [0.5, 0.6) is 0 Å². The Kier molecular flexibility index (Phi) is 4.16.